The van der Waals surface area contributed by atoms with Crippen LogP contribution in [0.4, 0.5) is 11.8 Å². The topological polar surface area (TPSA) is 61.3 Å². The number of aliphatic hydroxyl groups excluding tert-OH is 1. The van der Waals surface area contributed by atoms with Crippen molar-refractivity contribution >= 4 is 11.8 Å². The van der Waals surface area contributed by atoms with Crippen LogP contribution < -0.4 is 10.2 Å². The molecular weight excluding hydrogens is 300 g/mol. The summed E-state index contributed by atoms with van der Waals surface area (Å²) in [4.78, 5) is 11.4. The average Bonchev–Trinajstić information content (AvgIpc) is 2.53. The monoisotopic (exact) mass is 326 g/mol. The maximum absolute atomic E-state index is 9.23. The van der Waals surface area contributed by atoms with Crippen LogP contribution in [0.25, 0.3) is 0 Å². The van der Waals surface area contributed by atoms with Crippen molar-refractivity contribution in [2.24, 2.45) is 0 Å². The van der Waals surface area contributed by atoms with Gasteiger partial charge >= 0.3 is 0 Å². The number of anilines is 2. The van der Waals surface area contributed by atoms with Gasteiger partial charge in [-0.15, -0.1) is 0 Å². The minimum atomic E-state index is -0.0711. The Morgan fingerprint density at radius 3 is 2.79 bits per heavy atom. The fourth-order valence-corrected chi connectivity index (χ4v) is 3.35. The molecule has 0 saturated carbocycles. The van der Waals surface area contributed by atoms with Gasteiger partial charge in [0.15, 0.2) is 0 Å². The second-order valence-electron chi connectivity index (χ2n) is 7.32. The summed E-state index contributed by atoms with van der Waals surface area (Å²) in [6.45, 7) is 10.3. The van der Waals surface area contributed by atoms with Crippen molar-refractivity contribution in [3.8, 4) is 0 Å². The van der Waals surface area contributed by atoms with E-state index in [-0.39, 0.29) is 18.1 Å². The first kappa shape index (κ1) is 16.7. The first-order chi connectivity index (χ1) is 11.4. The van der Waals surface area contributed by atoms with Crippen molar-refractivity contribution in [3.05, 3.63) is 47.2 Å². The third kappa shape index (κ3) is 3.36. The van der Waals surface area contributed by atoms with E-state index in [0.29, 0.717) is 5.95 Å². The Balaban J connectivity index is 1.93. The van der Waals surface area contributed by atoms with Crippen molar-refractivity contribution in [2.45, 2.75) is 45.7 Å². The van der Waals surface area contributed by atoms with Gasteiger partial charge in [0.25, 0.3) is 0 Å². The molecule has 2 aromatic rings. The van der Waals surface area contributed by atoms with Crippen LogP contribution >= 0.6 is 0 Å². The number of hydrogen-bond acceptors (Lipinski definition) is 5. The summed E-state index contributed by atoms with van der Waals surface area (Å²) in [6.07, 6.45) is 0. The second-order valence-corrected chi connectivity index (χ2v) is 7.32. The fourth-order valence-electron chi connectivity index (χ4n) is 3.35. The molecule has 2 N–H and O–H groups in total. The number of aliphatic hydroxyl groups is 1. The van der Waals surface area contributed by atoms with Gasteiger partial charge < -0.3 is 15.3 Å². The molecule has 1 aliphatic heterocycles. The van der Waals surface area contributed by atoms with Gasteiger partial charge in [-0.25, -0.2) is 4.98 Å². The van der Waals surface area contributed by atoms with Crippen LogP contribution in [0, 0.1) is 6.92 Å². The van der Waals surface area contributed by atoms with Gasteiger partial charge in [-0.05, 0) is 25.0 Å². The minimum absolute atomic E-state index is 0.0523. The van der Waals surface area contributed by atoms with E-state index in [1.807, 2.05) is 19.9 Å². The van der Waals surface area contributed by atoms with Crippen LogP contribution in [0.5, 0.6) is 0 Å². The molecule has 0 aliphatic carbocycles. The Morgan fingerprint density at radius 1 is 1.29 bits per heavy atom. The lowest BCUT2D eigenvalue weighted by atomic mass is 9.78. The predicted octanol–water partition coefficient (Wildman–Crippen LogP) is 2.88. The second kappa shape index (κ2) is 6.40. The number of benzene rings is 1. The Bertz CT molecular complexity index is 729. The molecule has 1 atom stereocenters. The summed E-state index contributed by atoms with van der Waals surface area (Å²) in [5.74, 6) is 1.50. The molecule has 3 rings (SSSR count). The number of aryl methyl sites for hydroxylation is 1. The number of nitrogens with zero attached hydrogens (tertiary/aromatic N) is 3. The van der Waals surface area contributed by atoms with E-state index in [1.165, 1.54) is 11.1 Å². The first-order valence-corrected chi connectivity index (χ1v) is 8.45. The lowest BCUT2D eigenvalue weighted by Crippen LogP contribution is -2.42. The van der Waals surface area contributed by atoms with Gasteiger partial charge in [-0.2, -0.15) is 4.98 Å². The molecule has 24 heavy (non-hydrogen) atoms. The van der Waals surface area contributed by atoms with Crippen LogP contribution in [0.3, 0.4) is 0 Å². The van der Waals surface area contributed by atoms with E-state index in [2.05, 4.69) is 58.3 Å². The van der Waals surface area contributed by atoms with E-state index >= 15 is 0 Å². The van der Waals surface area contributed by atoms with Crippen LogP contribution in [-0.2, 0) is 12.0 Å². The molecule has 0 radical (unpaired) electrons. The highest BCUT2D eigenvalue weighted by atomic mass is 16.3. The zero-order valence-corrected chi connectivity index (χ0v) is 14.9. The third-order valence-corrected chi connectivity index (χ3v) is 4.51. The zero-order valence-electron chi connectivity index (χ0n) is 14.9. The molecular formula is C19H26N4O. The summed E-state index contributed by atoms with van der Waals surface area (Å²) in [5, 5.41) is 12.4. The van der Waals surface area contributed by atoms with Gasteiger partial charge in [0, 0.05) is 36.3 Å². The van der Waals surface area contributed by atoms with Crippen LogP contribution in [0.1, 0.15) is 37.6 Å². The number of rotatable bonds is 4. The molecule has 5 nitrogen and oxygen atoms in total. The van der Waals surface area contributed by atoms with Crippen LogP contribution in [0.15, 0.2) is 30.3 Å². The SMILES string of the molecule is Cc1cc(N2Cc3ccccc3C(C)(C)C2)nc(N[C@@H](C)CO)n1. The average molecular weight is 326 g/mol. The Labute approximate surface area is 143 Å². The summed E-state index contributed by atoms with van der Waals surface area (Å²) >= 11 is 0. The zero-order chi connectivity index (χ0) is 17.3. The summed E-state index contributed by atoms with van der Waals surface area (Å²) < 4.78 is 0. The highest BCUT2D eigenvalue weighted by molar-refractivity contribution is 5.50. The lowest BCUT2D eigenvalue weighted by Gasteiger charge is -2.40. The first-order valence-electron chi connectivity index (χ1n) is 8.45. The number of nitrogens with one attached hydrogen (secondary N) is 1. The maximum Gasteiger partial charge on any atom is 0.225 e. The van der Waals surface area contributed by atoms with Crippen LogP contribution in [-0.4, -0.2) is 34.3 Å². The molecule has 1 aromatic carbocycles. The molecule has 1 aromatic heterocycles. The number of fused-ring (bicyclic) bond motifs is 1. The maximum atomic E-state index is 9.23. The Morgan fingerprint density at radius 2 is 2.04 bits per heavy atom. The molecule has 128 valence electrons. The Kier molecular flexibility index (Phi) is 4.45. The molecule has 0 bridgehead atoms. The van der Waals surface area contributed by atoms with E-state index in [1.54, 1.807) is 0 Å². The standard InChI is InChI=1S/C19H26N4O/c1-13-9-17(22-18(20-13)21-14(2)11-24)23-10-15-7-5-6-8-16(15)19(3,4)12-23/h5-9,14,24H,10-12H2,1-4H3,(H,20,21,22)/t14-/m0/s1. The summed E-state index contributed by atoms with van der Waals surface area (Å²) in [5.41, 5.74) is 3.76. The quantitative estimate of drug-likeness (QED) is 0.905. The van der Waals surface area contributed by atoms with Gasteiger partial charge in [0.1, 0.15) is 5.82 Å². The van der Waals surface area contributed by atoms with Crippen LogP contribution in [0.2, 0.25) is 0 Å². The molecule has 0 amide bonds. The van der Waals surface area contributed by atoms with E-state index in [9.17, 15) is 5.11 Å². The molecule has 0 saturated heterocycles. The van der Waals surface area contributed by atoms with Crippen molar-refractivity contribution in [1.82, 2.24) is 9.97 Å². The van der Waals surface area contributed by atoms with E-state index in [0.717, 1.165) is 24.6 Å². The van der Waals surface area contributed by atoms with Crippen molar-refractivity contribution in [1.29, 1.82) is 0 Å². The number of hydrogen-bond donors (Lipinski definition) is 2. The summed E-state index contributed by atoms with van der Waals surface area (Å²) in [6, 6.07) is 10.6. The van der Waals surface area contributed by atoms with E-state index < -0.39 is 0 Å². The molecule has 0 fully saturated rings. The highest BCUT2D eigenvalue weighted by Gasteiger charge is 2.32. The van der Waals surface area contributed by atoms with Gasteiger partial charge in [0.2, 0.25) is 5.95 Å². The van der Waals surface area contributed by atoms with Crippen molar-refractivity contribution in [3.63, 3.8) is 0 Å². The molecule has 1 aliphatic rings. The smallest absolute Gasteiger partial charge is 0.225 e. The molecule has 2 heterocycles. The minimum Gasteiger partial charge on any atom is -0.394 e. The third-order valence-electron chi connectivity index (χ3n) is 4.51. The summed E-state index contributed by atoms with van der Waals surface area (Å²) in [7, 11) is 0. The predicted molar refractivity (Wildman–Crippen MR) is 97.5 cm³/mol. The largest absolute Gasteiger partial charge is 0.394 e. The normalized spacial score (nSPS) is 17.3. The highest BCUT2D eigenvalue weighted by Crippen LogP contribution is 2.35. The van der Waals surface area contributed by atoms with Gasteiger partial charge in [-0.3, -0.25) is 0 Å². The van der Waals surface area contributed by atoms with Crippen molar-refractivity contribution < 1.29 is 5.11 Å². The molecule has 0 spiro atoms. The van der Waals surface area contributed by atoms with Gasteiger partial charge in [-0.1, -0.05) is 38.1 Å². The molecule has 5 heteroatoms. The Hall–Kier alpha value is -2.14. The van der Waals surface area contributed by atoms with Crippen molar-refractivity contribution in [2.75, 3.05) is 23.4 Å². The fraction of sp³-hybridized carbons (Fsp3) is 0.474. The van der Waals surface area contributed by atoms with Gasteiger partial charge in [0.05, 0.1) is 6.61 Å². The molecule has 0 unspecified atom stereocenters. The lowest BCUT2D eigenvalue weighted by molar-refractivity contribution is 0.281. The number of aromatic nitrogens is 2. The van der Waals surface area contributed by atoms with E-state index in [4.69, 9.17) is 0 Å².